The third-order valence-electron chi connectivity index (χ3n) is 2.77. The zero-order valence-corrected chi connectivity index (χ0v) is 8.99. The van der Waals surface area contributed by atoms with E-state index in [2.05, 4.69) is 5.32 Å². The number of rotatable bonds is 3. The summed E-state index contributed by atoms with van der Waals surface area (Å²) in [6, 6.07) is 5.98. The predicted octanol–water partition coefficient (Wildman–Crippen LogP) is 2.22. The van der Waals surface area contributed by atoms with Gasteiger partial charge in [0, 0.05) is 11.6 Å². The van der Waals surface area contributed by atoms with E-state index in [1.807, 2.05) is 19.1 Å². The minimum absolute atomic E-state index is 0.283. The molecule has 0 bridgehead atoms. The second-order valence-electron chi connectivity index (χ2n) is 3.78. The molecule has 0 saturated carbocycles. The van der Waals surface area contributed by atoms with Gasteiger partial charge in [0.25, 0.3) is 0 Å². The fourth-order valence-corrected chi connectivity index (χ4v) is 2.04. The van der Waals surface area contributed by atoms with E-state index in [4.69, 9.17) is 4.74 Å². The third kappa shape index (κ3) is 2.07. The van der Waals surface area contributed by atoms with Crippen LogP contribution in [0, 0.1) is 0 Å². The molecule has 1 aliphatic heterocycles. The summed E-state index contributed by atoms with van der Waals surface area (Å²) in [6.07, 6.45) is 2.26. The van der Waals surface area contributed by atoms with E-state index in [1.54, 1.807) is 6.07 Å². The van der Waals surface area contributed by atoms with E-state index in [0.717, 1.165) is 18.5 Å². The molecule has 1 atom stereocenters. The van der Waals surface area contributed by atoms with Crippen LogP contribution in [0.2, 0.25) is 0 Å². The second kappa shape index (κ2) is 4.53. The van der Waals surface area contributed by atoms with Crippen molar-refractivity contribution in [3.8, 4) is 11.5 Å². The van der Waals surface area contributed by atoms with Crippen molar-refractivity contribution >= 4 is 0 Å². The monoisotopic (exact) mass is 207 g/mol. The van der Waals surface area contributed by atoms with E-state index < -0.39 is 0 Å². The number of nitrogens with one attached hydrogen (secondary N) is 1. The molecule has 3 nitrogen and oxygen atoms in total. The number of phenols is 1. The number of ether oxygens (including phenoxy) is 1. The third-order valence-corrected chi connectivity index (χ3v) is 2.77. The highest BCUT2D eigenvalue weighted by atomic mass is 16.5. The van der Waals surface area contributed by atoms with Gasteiger partial charge in [-0.2, -0.15) is 0 Å². The molecule has 1 fully saturated rings. The normalized spacial score (nSPS) is 20.5. The van der Waals surface area contributed by atoms with Gasteiger partial charge in [0.15, 0.2) is 11.5 Å². The predicted molar refractivity (Wildman–Crippen MR) is 59.3 cm³/mol. The molecule has 2 N–H and O–H groups in total. The molecule has 0 radical (unpaired) electrons. The molecule has 3 heteroatoms. The minimum Gasteiger partial charge on any atom is -0.504 e. The highest BCUT2D eigenvalue weighted by Crippen LogP contribution is 2.36. The molecular weight excluding hydrogens is 190 g/mol. The van der Waals surface area contributed by atoms with Crippen LogP contribution in [-0.2, 0) is 0 Å². The Labute approximate surface area is 90.1 Å². The molecule has 1 aromatic rings. The van der Waals surface area contributed by atoms with E-state index in [0.29, 0.717) is 18.1 Å². The van der Waals surface area contributed by atoms with Gasteiger partial charge in [-0.1, -0.05) is 12.1 Å². The van der Waals surface area contributed by atoms with Crippen LogP contribution in [-0.4, -0.2) is 18.3 Å². The van der Waals surface area contributed by atoms with Crippen molar-refractivity contribution in [2.45, 2.75) is 25.8 Å². The van der Waals surface area contributed by atoms with E-state index >= 15 is 0 Å². The van der Waals surface area contributed by atoms with Gasteiger partial charge in [-0.25, -0.2) is 0 Å². The number of para-hydroxylation sites is 1. The molecule has 1 aromatic carbocycles. The topological polar surface area (TPSA) is 41.5 Å². The molecular formula is C12H17NO2. The molecule has 0 aromatic heterocycles. The lowest BCUT2D eigenvalue weighted by atomic mass is 10.0. The summed E-state index contributed by atoms with van der Waals surface area (Å²) in [6.45, 7) is 3.53. The maximum absolute atomic E-state index is 10.0. The minimum atomic E-state index is 0.283. The smallest absolute Gasteiger partial charge is 0.162 e. The van der Waals surface area contributed by atoms with Crippen LogP contribution >= 0.6 is 0 Å². The van der Waals surface area contributed by atoms with Crippen LogP contribution in [0.3, 0.4) is 0 Å². The molecule has 15 heavy (non-hydrogen) atoms. The highest BCUT2D eigenvalue weighted by molar-refractivity contribution is 5.47. The lowest BCUT2D eigenvalue weighted by Gasteiger charge is -2.15. The fraction of sp³-hybridized carbons (Fsp3) is 0.500. The Kier molecular flexibility index (Phi) is 3.11. The average molecular weight is 207 g/mol. The molecule has 82 valence electrons. The number of phenolic OH excluding ortho intramolecular Hbond substituents is 1. The SMILES string of the molecule is CCOc1cccc([C@@H]2CCCN2)c1O. The van der Waals surface area contributed by atoms with Gasteiger partial charge in [0.05, 0.1) is 6.61 Å². The summed E-state index contributed by atoms with van der Waals surface area (Å²) < 4.78 is 5.36. The van der Waals surface area contributed by atoms with Crippen molar-refractivity contribution in [2.24, 2.45) is 0 Å². The maximum Gasteiger partial charge on any atom is 0.162 e. The average Bonchev–Trinajstić information content (AvgIpc) is 2.74. The van der Waals surface area contributed by atoms with E-state index in [1.165, 1.54) is 6.42 Å². The Morgan fingerprint density at radius 2 is 2.40 bits per heavy atom. The van der Waals surface area contributed by atoms with Crippen molar-refractivity contribution in [3.05, 3.63) is 23.8 Å². The maximum atomic E-state index is 10.0. The van der Waals surface area contributed by atoms with Gasteiger partial charge in [-0.15, -0.1) is 0 Å². The summed E-state index contributed by atoms with van der Waals surface area (Å²) in [7, 11) is 0. The Bertz CT molecular complexity index is 332. The van der Waals surface area contributed by atoms with Crippen LogP contribution < -0.4 is 10.1 Å². The summed E-state index contributed by atoms with van der Waals surface area (Å²) in [5.74, 6) is 0.877. The van der Waals surface area contributed by atoms with Gasteiger partial charge < -0.3 is 15.2 Å². The van der Waals surface area contributed by atoms with Crippen LogP contribution in [0.25, 0.3) is 0 Å². The van der Waals surface area contributed by atoms with Crippen molar-refractivity contribution in [1.82, 2.24) is 5.32 Å². The van der Waals surface area contributed by atoms with Crippen LogP contribution in [0.4, 0.5) is 0 Å². The lowest BCUT2D eigenvalue weighted by molar-refractivity contribution is 0.315. The molecule has 1 aliphatic rings. The van der Waals surface area contributed by atoms with Crippen molar-refractivity contribution < 1.29 is 9.84 Å². The Morgan fingerprint density at radius 3 is 3.07 bits per heavy atom. The standard InChI is InChI=1S/C12H17NO2/c1-2-15-11-7-3-5-9(12(11)14)10-6-4-8-13-10/h3,5,7,10,13-14H,2,4,6,8H2,1H3/t10-/m0/s1. The molecule has 0 spiro atoms. The molecule has 1 saturated heterocycles. The van der Waals surface area contributed by atoms with Crippen molar-refractivity contribution in [2.75, 3.05) is 13.2 Å². The fourth-order valence-electron chi connectivity index (χ4n) is 2.04. The Morgan fingerprint density at radius 1 is 1.53 bits per heavy atom. The van der Waals surface area contributed by atoms with Crippen LogP contribution in [0.1, 0.15) is 31.4 Å². The number of hydrogen-bond acceptors (Lipinski definition) is 3. The first-order valence-electron chi connectivity index (χ1n) is 5.51. The van der Waals surface area contributed by atoms with E-state index in [9.17, 15) is 5.11 Å². The second-order valence-corrected chi connectivity index (χ2v) is 3.78. The van der Waals surface area contributed by atoms with Crippen LogP contribution in [0.5, 0.6) is 11.5 Å². The largest absolute Gasteiger partial charge is 0.504 e. The zero-order valence-electron chi connectivity index (χ0n) is 8.99. The first-order valence-corrected chi connectivity index (χ1v) is 5.51. The number of benzene rings is 1. The van der Waals surface area contributed by atoms with Gasteiger partial charge in [0.2, 0.25) is 0 Å². The molecule has 1 heterocycles. The first kappa shape index (κ1) is 10.3. The van der Waals surface area contributed by atoms with Crippen LogP contribution in [0.15, 0.2) is 18.2 Å². The molecule has 0 unspecified atom stereocenters. The van der Waals surface area contributed by atoms with Gasteiger partial charge in [0.1, 0.15) is 0 Å². The van der Waals surface area contributed by atoms with Crippen molar-refractivity contribution in [3.63, 3.8) is 0 Å². The summed E-state index contributed by atoms with van der Waals surface area (Å²) >= 11 is 0. The van der Waals surface area contributed by atoms with Gasteiger partial charge in [-0.3, -0.25) is 0 Å². The van der Waals surface area contributed by atoms with Crippen molar-refractivity contribution in [1.29, 1.82) is 0 Å². The molecule has 0 amide bonds. The van der Waals surface area contributed by atoms with E-state index in [-0.39, 0.29) is 6.04 Å². The zero-order chi connectivity index (χ0) is 10.7. The summed E-state index contributed by atoms with van der Waals surface area (Å²) in [5, 5.41) is 13.4. The molecule has 2 rings (SSSR count). The number of aromatic hydroxyl groups is 1. The first-order chi connectivity index (χ1) is 7.33. The highest BCUT2D eigenvalue weighted by Gasteiger charge is 2.20. The summed E-state index contributed by atoms with van der Waals surface area (Å²) in [4.78, 5) is 0. The quantitative estimate of drug-likeness (QED) is 0.798. The summed E-state index contributed by atoms with van der Waals surface area (Å²) in [5.41, 5.74) is 0.957. The number of hydrogen-bond donors (Lipinski definition) is 2. The Hall–Kier alpha value is -1.22. The Balaban J connectivity index is 2.26. The lowest BCUT2D eigenvalue weighted by Crippen LogP contribution is -2.13. The van der Waals surface area contributed by atoms with Gasteiger partial charge >= 0.3 is 0 Å². The molecule has 0 aliphatic carbocycles. The van der Waals surface area contributed by atoms with Gasteiger partial charge in [-0.05, 0) is 32.4 Å².